The summed E-state index contributed by atoms with van der Waals surface area (Å²) in [5.41, 5.74) is 1.55. The molecule has 1 amide bonds. The van der Waals surface area contributed by atoms with Crippen molar-refractivity contribution >= 4 is 6.09 Å². The average Bonchev–Trinajstić information content (AvgIpc) is 3.33. The fourth-order valence-electron chi connectivity index (χ4n) is 4.51. The van der Waals surface area contributed by atoms with Gasteiger partial charge in [0, 0.05) is 36.6 Å². The number of amides is 1. The molecule has 2 aromatic heterocycles. The van der Waals surface area contributed by atoms with Crippen molar-refractivity contribution in [1.82, 2.24) is 25.4 Å². The number of hydrogen-bond donors (Lipinski definition) is 1. The molecule has 2 aromatic carbocycles. The largest absolute Gasteiger partial charge is 0.490 e. The van der Waals surface area contributed by atoms with E-state index < -0.39 is 5.60 Å². The molecule has 10 heteroatoms. The zero-order chi connectivity index (χ0) is 29.2. The molecule has 214 valence electrons. The van der Waals surface area contributed by atoms with Crippen molar-refractivity contribution in [2.24, 2.45) is 0 Å². The van der Waals surface area contributed by atoms with Crippen LogP contribution in [0.15, 0.2) is 65.3 Å². The first-order valence-corrected chi connectivity index (χ1v) is 13.6. The maximum absolute atomic E-state index is 11.9. The number of carbonyl (C=O) groups excluding carboxylic acids is 1. The average molecular weight is 558 g/mol. The smallest absolute Gasteiger partial charge is 0.407 e. The van der Waals surface area contributed by atoms with Crippen LogP contribution in [0.5, 0.6) is 17.4 Å². The van der Waals surface area contributed by atoms with Crippen molar-refractivity contribution in [2.75, 3.05) is 0 Å². The van der Waals surface area contributed by atoms with E-state index in [2.05, 4.69) is 63.5 Å². The number of ether oxygens (including phenoxy) is 3. The Morgan fingerprint density at radius 2 is 1.54 bits per heavy atom. The predicted molar refractivity (Wildman–Crippen MR) is 152 cm³/mol. The topological polar surface area (TPSA) is 121 Å². The van der Waals surface area contributed by atoms with Crippen LogP contribution in [0.25, 0.3) is 11.7 Å². The molecule has 2 heterocycles. The molecule has 0 spiro atoms. The summed E-state index contributed by atoms with van der Waals surface area (Å²) >= 11 is 0. The normalized spacial score (nSPS) is 16.9. The Labute approximate surface area is 239 Å². The lowest BCUT2D eigenvalue weighted by molar-refractivity contribution is 0.0363. The van der Waals surface area contributed by atoms with Crippen molar-refractivity contribution in [1.29, 1.82) is 0 Å². The van der Waals surface area contributed by atoms with Crippen LogP contribution >= 0.6 is 0 Å². The van der Waals surface area contributed by atoms with Crippen molar-refractivity contribution < 1.29 is 23.5 Å². The molecule has 1 aliphatic carbocycles. The molecule has 1 aliphatic rings. The molecule has 0 bridgehead atoms. The number of aryl methyl sites for hydroxylation is 1. The Bertz CT molecular complexity index is 1490. The number of nitrogens with one attached hydrogen (secondary N) is 1. The number of nitrogens with zero attached hydrogens (tertiary/aromatic N) is 4. The zero-order valence-electron chi connectivity index (χ0n) is 24.2. The van der Waals surface area contributed by atoms with Gasteiger partial charge in [-0.1, -0.05) is 43.3 Å². The molecule has 1 fully saturated rings. The summed E-state index contributed by atoms with van der Waals surface area (Å²) in [6, 6.07) is 17.9. The highest BCUT2D eigenvalue weighted by atomic mass is 16.6. The molecule has 0 aliphatic heterocycles. The maximum atomic E-state index is 11.9. The number of alkyl carbamates (subject to hydrolysis) is 1. The second-order valence-corrected chi connectivity index (χ2v) is 11.7. The molecular weight excluding hydrogens is 522 g/mol. The Morgan fingerprint density at radius 3 is 2.12 bits per heavy atom. The number of aromatic nitrogens is 4. The number of carbonyl (C=O) groups is 1. The number of hydrogen-bond acceptors (Lipinski definition) is 9. The summed E-state index contributed by atoms with van der Waals surface area (Å²) < 4.78 is 22.5. The van der Waals surface area contributed by atoms with Gasteiger partial charge < -0.3 is 24.1 Å². The Balaban J connectivity index is 1.15. The summed E-state index contributed by atoms with van der Waals surface area (Å²) in [7, 11) is 0. The second-order valence-electron chi connectivity index (χ2n) is 11.7. The molecule has 0 unspecified atom stereocenters. The molecule has 1 saturated carbocycles. The zero-order valence-corrected chi connectivity index (χ0v) is 24.2. The summed E-state index contributed by atoms with van der Waals surface area (Å²) in [6.07, 6.45) is 2.79. The van der Waals surface area contributed by atoms with Crippen LogP contribution in [0, 0.1) is 6.92 Å². The van der Waals surface area contributed by atoms with Gasteiger partial charge in [0.2, 0.25) is 11.7 Å². The van der Waals surface area contributed by atoms with E-state index in [1.54, 1.807) is 19.2 Å². The minimum atomic E-state index is -0.506. The fraction of sp³-hybridized carbons (Fsp3) is 0.387. The molecule has 1 N–H and O–H groups in total. The summed E-state index contributed by atoms with van der Waals surface area (Å²) in [4.78, 5) is 24.7. The van der Waals surface area contributed by atoms with E-state index in [0.29, 0.717) is 23.3 Å². The van der Waals surface area contributed by atoms with Gasteiger partial charge in [-0.3, -0.25) is 0 Å². The van der Waals surface area contributed by atoms with E-state index in [-0.39, 0.29) is 29.5 Å². The van der Waals surface area contributed by atoms with Crippen molar-refractivity contribution in [3.8, 4) is 29.1 Å². The molecule has 5 rings (SSSR count). The van der Waals surface area contributed by atoms with Gasteiger partial charge in [-0.15, -0.1) is 0 Å². The predicted octanol–water partition coefficient (Wildman–Crippen LogP) is 6.39. The molecule has 0 radical (unpaired) electrons. The van der Waals surface area contributed by atoms with E-state index in [0.717, 1.165) is 29.7 Å². The first kappa shape index (κ1) is 28.1. The maximum Gasteiger partial charge on any atom is 0.407 e. The molecule has 0 saturated heterocycles. The Morgan fingerprint density at radius 1 is 0.902 bits per heavy atom. The molecular formula is C31H35N5O5. The molecule has 41 heavy (non-hydrogen) atoms. The van der Waals surface area contributed by atoms with Crippen LogP contribution in [0.1, 0.15) is 64.4 Å². The van der Waals surface area contributed by atoms with Crippen molar-refractivity contribution in [3.05, 3.63) is 77.7 Å². The first-order valence-electron chi connectivity index (χ1n) is 13.6. The lowest BCUT2D eigenvalue weighted by atomic mass is 9.78. The quantitative estimate of drug-likeness (QED) is 0.263. The van der Waals surface area contributed by atoms with Gasteiger partial charge in [0.05, 0.1) is 0 Å². The lowest BCUT2D eigenvalue weighted by Crippen LogP contribution is -2.50. The standard InChI is InChI=1S/C31H35N5O5/c1-19-33-28(41-36-19)27-32-16-15-26(35-27)39-24-13-9-21(10-14-24)31(5,6)20-7-11-23(12-8-20)38-25-17-22(18-25)34-29(37)40-30(2,3)4/h7-16,22,25H,17-18H2,1-6H3,(H,34,37)/t22-,25-. The first-order chi connectivity index (χ1) is 19.4. The minimum absolute atomic E-state index is 0.0726. The molecule has 0 atom stereocenters. The van der Waals surface area contributed by atoms with Gasteiger partial charge in [-0.25, -0.2) is 9.78 Å². The third-order valence-corrected chi connectivity index (χ3v) is 6.84. The van der Waals surface area contributed by atoms with Crippen molar-refractivity contribution in [3.63, 3.8) is 0 Å². The third kappa shape index (κ3) is 7.00. The van der Waals surface area contributed by atoms with Crippen LogP contribution < -0.4 is 14.8 Å². The van der Waals surface area contributed by atoms with Gasteiger partial charge in [0.15, 0.2) is 5.82 Å². The summed E-state index contributed by atoms with van der Waals surface area (Å²) in [5, 5.41) is 6.68. The number of benzene rings is 2. The third-order valence-electron chi connectivity index (χ3n) is 6.84. The van der Waals surface area contributed by atoms with E-state index in [9.17, 15) is 4.79 Å². The number of rotatable bonds is 8. The fourth-order valence-corrected chi connectivity index (χ4v) is 4.51. The summed E-state index contributed by atoms with van der Waals surface area (Å²) in [6.45, 7) is 11.7. The highest BCUT2D eigenvalue weighted by Gasteiger charge is 2.33. The van der Waals surface area contributed by atoms with Crippen molar-refractivity contribution in [2.45, 2.75) is 77.5 Å². The van der Waals surface area contributed by atoms with Gasteiger partial charge in [-0.2, -0.15) is 9.97 Å². The molecule has 4 aromatic rings. The van der Waals surface area contributed by atoms with E-state index >= 15 is 0 Å². The van der Waals surface area contributed by atoms with Crippen LogP contribution in [0.3, 0.4) is 0 Å². The second kappa shape index (κ2) is 11.2. The van der Waals surface area contributed by atoms with Gasteiger partial charge >= 0.3 is 6.09 Å². The van der Waals surface area contributed by atoms with Crippen LogP contribution in [-0.4, -0.2) is 43.9 Å². The van der Waals surface area contributed by atoms with Gasteiger partial charge in [0.25, 0.3) is 5.89 Å². The van der Waals surface area contributed by atoms with Crippen LogP contribution in [0.2, 0.25) is 0 Å². The highest BCUT2D eigenvalue weighted by Crippen LogP contribution is 2.35. The minimum Gasteiger partial charge on any atom is -0.490 e. The van der Waals surface area contributed by atoms with Gasteiger partial charge in [0.1, 0.15) is 23.2 Å². The lowest BCUT2D eigenvalue weighted by Gasteiger charge is -2.36. The Hall–Kier alpha value is -4.47. The van der Waals surface area contributed by atoms with Crippen LogP contribution in [-0.2, 0) is 10.2 Å². The summed E-state index contributed by atoms with van der Waals surface area (Å²) in [5.74, 6) is 2.91. The van der Waals surface area contributed by atoms with Crippen LogP contribution in [0.4, 0.5) is 4.79 Å². The Kier molecular flexibility index (Phi) is 7.66. The SMILES string of the molecule is Cc1noc(-c2nccc(Oc3ccc(C(C)(C)c4ccc(O[C@H]5C[C@H](NC(=O)OC(C)(C)C)C5)cc4)cc3)n2)n1. The van der Waals surface area contributed by atoms with E-state index in [1.165, 1.54) is 0 Å². The van der Waals surface area contributed by atoms with E-state index in [4.69, 9.17) is 18.7 Å². The molecule has 10 nitrogen and oxygen atoms in total. The highest BCUT2D eigenvalue weighted by molar-refractivity contribution is 5.68. The monoisotopic (exact) mass is 557 g/mol. The van der Waals surface area contributed by atoms with E-state index in [1.807, 2.05) is 45.0 Å². The van der Waals surface area contributed by atoms with Gasteiger partial charge in [-0.05, 0) is 63.1 Å².